The molecule has 2 aromatic carbocycles. The molecule has 0 spiro atoms. The number of amides is 1. The van der Waals surface area contributed by atoms with Gasteiger partial charge in [-0.3, -0.25) is 4.79 Å². The van der Waals surface area contributed by atoms with Gasteiger partial charge in [0.05, 0.1) is 11.3 Å². The Morgan fingerprint density at radius 2 is 1.75 bits per heavy atom. The van der Waals surface area contributed by atoms with Crippen LogP contribution in [-0.2, 0) is 4.79 Å². The summed E-state index contributed by atoms with van der Waals surface area (Å²) in [5.74, 6) is -1.84. The molecule has 2 aromatic rings. The van der Waals surface area contributed by atoms with E-state index in [0.717, 1.165) is 0 Å². The average Bonchev–Trinajstić information content (AvgIpc) is 2.58. The Kier molecular flexibility index (Phi) is 5.16. The molecule has 0 saturated carbocycles. The zero-order valence-corrected chi connectivity index (χ0v) is 12.4. The van der Waals surface area contributed by atoms with Crippen molar-refractivity contribution in [2.75, 3.05) is 10.6 Å². The first-order valence-electron chi connectivity index (χ1n) is 6.81. The Bertz CT molecular complexity index is 836. The van der Waals surface area contributed by atoms with Gasteiger partial charge in [0.1, 0.15) is 17.4 Å². The van der Waals surface area contributed by atoms with Crippen LogP contribution in [0.2, 0.25) is 0 Å². The quantitative estimate of drug-likeness (QED) is 0.381. The molecule has 0 aliphatic carbocycles. The predicted molar refractivity (Wildman–Crippen MR) is 87.5 cm³/mol. The highest BCUT2D eigenvalue weighted by atomic mass is 16.4. The van der Waals surface area contributed by atoms with E-state index in [-0.39, 0.29) is 22.6 Å². The number of hydrogen-bond acceptors (Lipinski definition) is 5. The smallest absolute Gasteiger partial charge is 0.335 e. The van der Waals surface area contributed by atoms with Crippen LogP contribution >= 0.6 is 0 Å². The van der Waals surface area contributed by atoms with Crippen molar-refractivity contribution in [2.24, 2.45) is 0 Å². The van der Waals surface area contributed by atoms with Crippen LogP contribution in [-0.4, -0.2) is 22.1 Å². The highest BCUT2D eigenvalue weighted by molar-refractivity contribution is 6.07. The van der Waals surface area contributed by atoms with E-state index in [2.05, 4.69) is 10.6 Å². The van der Waals surface area contributed by atoms with E-state index in [0.29, 0.717) is 5.69 Å². The lowest BCUT2D eigenvalue weighted by molar-refractivity contribution is -0.112. The van der Waals surface area contributed by atoms with Crippen molar-refractivity contribution in [1.29, 1.82) is 5.26 Å². The van der Waals surface area contributed by atoms with Crippen LogP contribution in [0.4, 0.5) is 11.4 Å². The van der Waals surface area contributed by atoms with Crippen LogP contribution in [0.25, 0.3) is 0 Å². The lowest BCUT2D eigenvalue weighted by Crippen LogP contribution is -2.14. The highest BCUT2D eigenvalue weighted by Crippen LogP contribution is 2.22. The lowest BCUT2D eigenvalue weighted by atomic mass is 10.2. The first kappa shape index (κ1) is 16.6. The predicted octanol–water partition coefficient (Wildman–Crippen LogP) is 2.55. The Morgan fingerprint density at radius 1 is 1.08 bits per heavy atom. The number of phenols is 1. The van der Waals surface area contributed by atoms with Gasteiger partial charge in [-0.15, -0.1) is 0 Å². The second kappa shape index (κ2) is 7.47. The van der Waals surface area contributed by atoms with Crippen molar-refractivity contribution in [3.8, 4) is 11.8 Å². The van der Waals surface area contributed by atoms with Gasteiger partial charge >= 0.3 is 5.97 Å². The number of hydrogen-bond donors (Lipinski definition) is 4. The molecule has 24 heavy (non-hydrogen) atoms. The third-order valence-electron chi connectivity index (χ3n) is 3.03. The highest BCUT2D eigenvalue weighted by Gasteiger charge is 2.11. The summed E-state index contributed by atoms with van der Waals surface area (Å²) in [6, 6.07) is 13.7. The molecule has 4 N–H and O–H groups in total. The maximum atomic E-state index is 12.0. The minimum absolute atomic E-state index is 0.111. The van der Waals surface area contributed by atoms with Gasteiger partial charge in [-0.05, 0) is 36.4 Å². The minimum Gasteiger partial charge on any atom is -0.506 e. The van der Waals surface area contributed by atoms with Crippen LogP contribution < -0.4 is 10.6 Å². The summed E-state index contributed by atoms with van der Waals surface area (Å²) < 4.78 is 0. The van der Waals surface area contributed by atoms with E-state index in [1.165, 1.54) is 42.6 Å². The van der Waals surface area contributed by atoms with Crippen molar-refractivity contribution in [1.82, 2.24) is 0 Å². The summed E-state index contributed by atoms with van der Waals surface area (Å²) in [6.45, 7) is 0. The molecule has 0 bridgehead atoms. The molecule has 0 unspecified atom stereocenters. The number of carbonyl (C=O) groups excluding carboxylic acids is 1. The van der Waals surface area contributed by atoms with E-state index in [1.54, 1.807) is 18.2 Å². The van der Waals surface area contributed by atoms with E-state index in [4.69, 9.17) is 10.4 Å². The number of para-hydroxylation sites is 2. The van der Waals surface area contributed by atoms with E-state index < -0.39 is 11.9 Å². The number of phenolic OH excluding ortho intramolecular Hbond substituents is 1. The van der Waals surface area contributed by atoms with Crippen LogP contribution in [0.5, 0.6) is 5.75 Å². The topological polar surface area (TPSA) is 122 Å². The molecule has 0 atom stereocenters. The molecular weight excluding hydrogens is 310 g/mol. The Hall–Kier alpha value is -3.79. The normalized spacial score (nSPS) is 10.5. The third kappa shape index (κ3) is 4.11. The average molecular weight is 323 g/mol. The van der Waals surface area contributed by atoms with Crippen molar-refractivity contribution in [2.45, 2.75) is 0 Å². The van der Waals surface area contributed by atoms with E-state index >= 15 is 0 Å². The van der Waals surface area contributed by atoms with E-state index in [9.17, 15) is 14.7 Å². The van der Waals surface area contributed by atoms with Gasteiger partial charge in [-0.1, -0.05) is 12.1 Å². The fourth-order valence-electron chi connectivity index (χ4n) is 1.78. The van der Waals surface area contributed by atoms with Crippen molar-refractivity contribution in [3.63, 3.8) is 0 Å². The molecule has 120 valence electrons. The number of carboxylic acid groups (broad SMARTS) is 1. The van der Waals surface area contributed by atoms with Crippen molar-refractivity contribution in [3.05, 3.63) is 65.9 Å². The summed E-state index contributed by atoms with van der Waals surface area (Å²) >= 11 is 0. The zero-order chi connectivity index (χ0) is 17.5. The molecule has 0 aliphatic rings. The van der Waals surface area contributed by atoms with Crippen molar-refractivity contribution < 1.29 is 19.8 Å². The number of nitriles is 1. The molecule has 2 rings (SSSR count). The summed E-state index contributed by atoms with van der Waals surface area (Å²) in [5.41, 5.74) is 0.625. The monoisotopic (exact) mass is 323 g/mol. The van der Waals surface area contributed by atoms with Gasteiger partial charge in [0.25, 0.3) is 5.91 Å². The summed E-state index contributed by atoms with van der Waals surface area (Å²) in [4.78, 5) is 22.8. The first-order chi connectivity index (χ1) is 11.5. The molecule has 0 fully saturated rings. The maximum Gasteiger partial charge on any atom is 0.335 e. The Morgan fingerprint density at radius 3 is 2.33 bits per heavy atom. The number of carboxylic acids is 1. The van der Waals surface area contributed by atoms with Crippen LogP contribution in [0, 0.1) is 11.3 Å². The first-order valence-corrected chi connectivity index (χ1v) is 6.81. The van der Waals surface area contributed by atoms with Gasteiger partial charge in [0, 0.05) is 11.9 Å². The largest absolute Gasteiger partial charge is 0.506 e. The molecule has 7 nitrogen and oxygen atoms in total. The lowest BCUT2D eigenvalue weighted by Gasteiger charge is -2.07. The molecule has 1 amide bonds. The molecule has 0 aliphatic heterocycles. The molecule has 0 radical (unpaired) electrons. The zero-order valence-electron chi connectivity index (χ0n) is 12.4. The van der Waals surface area contributed by atoms with E-state index in [1.807, 2.05) is 0 Å². The number of nitrogens with one attached hydrogen (secondary N) is 2. The van der Waals surface area contributed by atoms with Crippen LogP contribution in [0.1, 0.15) is 10.4 Å². The fourth-order valence-corrected chi connectivity index (χ4v) is 1.78. The number of anilines is 2. The van der Waals surface area contributed by atoms with Gasteiger partial charge in [-0.25, -0.2) is 4.79 Å². The number of benzene rings is 2. The van der Waals surface area contributed by atoms with Gasteiger partial charge in [0.2, 0.25) is 0 Å². The number of aromatic hydroxyl groups is 1. The molecular formula is C17H13N3O4. The molecule has 0 heterocycles. The van der Waals surface area contributed by atoms with Crippen LogP contribution in [0.3, 0.4) is 0 Å². The Labute approximate surface area is 137 Å². The van der Waals surface area contributed by atoms with Gasteiger partial charge in [-0.2, -0.15) is 5.26 Å². The summed E-state index contributed by atoms with van der Waals surface area (Å²) in [5, 5.41) is 32.7. The third-order valence-corrected chi connectivity index (χ3v) is 3.03. The Balaban J connectivity index is 2.08. The maximum absolute atomic E-state index is 12.0. The fraction of sp³-hybridized carbons (Fsp3) is 0. The second-order valence-corrected chi connectivity index (χ2v) is 4.67. The SMILES string of the molecule is N#C/C(=C/Nc1ccc(C(=O)O)cc1)C(=O)Nc1ccccc1O. The summed E-state index contributed by atoms with van der Waals surface area (Å²) in [6.07, 6.45) is 1.20. The van der Waals surface area contributed by atoms with Gasteiger partial charge in [0.15, 0.2) is 0 Å². The molecule has 0 aromatic heterocycles. The van der Waals surface area contributed by atoms with Crippen LogP contribution in [0.15, 0.2) is 60.3 Å². The standard InChI is InChI=1S/C17H13N3O4/c18-9-12(16(22)20-14-3-1-2-4-15(14)21)10-19-13-7-5-11(6-8-13)17(23)24/h1-8,10,19,21H,(H,20,22)(H,23,24)/b12-10-. The number of aromatic carboxylic acids is 1. The number of carbonyl (C=O) groups is 2. The number of nitrogens with zero attached hydrogens (tertiary/aromatic N) is 1. The van der Waals surface area contributed by atoms with Gasteiger partial charge < -0.3 is 20.8 Å². The minimum atomic E-state index is -1.04. The molecule has 0 saturated heterocycles. The second-order valence-electron chi connectivity index (χ2n) is 4.67. The summed E-state index contributed by atoms with van der Waals surface area (Å²) in [7, 11) is 0. The number of rotatable bonds is 5. The van der Waals surface area contributed by atoms with Crippen molar-refractivity contribution >= 4 is 23.3 Å². The molecule has 7 heteroatoms.